The van der Waals surface area contributed by atoms with Crippen molar-refractivity contribution in [3.63, 3.8) is 0 Å². The Kier molecular flexibility index (Phi) is 5.79. The largest absolute Gasteiger partial charge is 0.309 e. The number of rotatable bonds is 3. The highest BCUT2D eigenvalue weighted by atomic mass is 28.3. The molecule has 0 saturated carbocycles. The normalized spacial score (nSPS) is 14.9. The van der Waals surface area contributed by atoms with Crippen LogP contribution in [0.3, 0.4) is 0 Å². The highest BCUT2D eigenvalue weighted by Gasteiger charge is 2.41. The molecule has 0 atom stereocenters. The molecule has 0 saturated heterocycles. The molecule has 0 spiro atoms. The molecule has 6 aromatic carbocycles. The van der Waals surface area contributed by atoms with Gasteiger partial charge in [0.25, 0.3) is 0 Å². The van der Waals surface area contributed by atoms with Crippen molar-refractivity contribution in [1.82, 2.24) is 14.5 Å². The lowest BCUT2D eigenvalue weighted by Gasteiger charge is -2.21. The Labute approximate surface area is 287 Å². The second-order valence-electron chi connectivity index (χ2n) is 14.6. The third kappa shape index (κ3) is 3.83. The van der Waals surface area contributed by atoms with E-state index in [4.69, 9.17) is 9.97 Å². The molecular formula is C45H35N3Si. The summed E-state index contributed by atoms with van der Waals surface area (Å²) in [5.74, 6) is 0.788. The average molecular weight is 646 g/mol. The van der Waals surface area contributed by atoms with Gasteiger partial charge < -0.3 is 4.57 Å². The number of fused-ring (bicyclic) bond motifs is 10. The Morgan fingerprint density at radius 1 is 0.551 bits per heavy atom. The first-order valence-electron chi connectivity index (χ1n) is 17.2. The molecule has 0 unspecified atom stereocenters. The molecule has 10 rings (SSSR count). The highest BCUT2D eigenvalue weighted by Crippen LogP contribution is 2.52. The number of para-hydroxylation sites is 1. The van der Waals surface area contributed by atoms with E-state index in [0.29, 0.717) is 0 Å². The maximum atomic E-state index is 5.40. The van der Waals surface area contributed by atoms with Crippen LogP contribution in [-0.4, -0.2) is 22.6 Å². The quantitative estimate of drug-likeness (QED) is 0.179. The van der Waals surface area contributed by atoms with Crippen molar-refractivity contribution >= 4 is 40.4 Å². The third-order valence-corrected chi connectivity index (χ3v) is 14.5. The fraction of sp³-hybridized carbons (Fsp3) is 0.111. The van der Waals surface area contributed by atoms with Gasteiger partial charge in [0, 0.05) is 49.4 Å². The SMILES string of the molecule is CC1(C)c2ccccc2-c2c1ccc1c3ccccc3n(-c3ccc(-c4nc(-c5ccccc5)c5c(n4)[Si](C)(C)c4ccccc4-5)cc3)c21. The van der Waals surface area contributed by atoms with Crippen molar-refractivity contribution in [2.75, 3.05) is 0 Å². The molecule has 1 aliphatic carbocycles. The van der Waals surface area contributed by atoms with Gasteiger partial charge in [0.1, 0.15) is 8.07 Å². The molecular weight excluding hydrogens is 611 g/mol. The van der Waals surface area contributed by atoms with Gasteiger partial charge in [-0.05, 0) is 57.8 Å². The van der Waals surface area contributed by atoms with Gasteiger partial charge >= 0.3 is 0 Å². The van der Waals surface area contributed by atoms with Crippen LogP contribution in [0.15, 0.2) is 140 Å². The highest BCUT2D eigenvalue weighted by molar-refractivity contribution is 7.03. The predicted molar refractivity (Wildman–Crippen MR) is 207 cm³/mol. The summed E-state index contributed by atoms with van der Waals surface area (Å²) in [7, 11) is -2.03. The molecule has 2 aliphatic rings. The fourth-order valence-electron chi connectivity index (χ4n) is 8.75. The van der Waals surface area contributed by atoms with Gasteiger partial charge in [-0.1, -0.05) is 136 Å². The maximum Gasteiger partial charge on any atom is 0.159 e. The Hall–Kier alpha value is -5.58. The van der Waals surface area contributed by atoms with Crippen molar-refractivity contribution in [2.24, 2.45) is 0 Å². The van der Waals surface area contributed by atoms with Crippen molar-refractivity contribution in [3.05, 3.63) is 151 Å². The van der Waals surface area contributed by atoms with Crippen LogP contribution in [0.2, 0.25) is 13.1 Å². The molecule has 0 bridgehead atoms. The van der Waals surface area contributed by atoms with E-state index in [-0.39, 0.29) is 5.41 Å². The topological polar surface area (TPSA) is 30.7 Å². The first-order chi connectivity index (χ1) is 23.8. The summed E-state index contributed by atoms with van der Waals surface area (Å²) in [4.78, 5) is 10.7. The molecule has 1 aliphatic heterocycles. The van der Waals surface area contributed by atoms with E-state index in [2.05, 4.69) is 171 Å². The van der Waals surface area contributed by atoms with E-state index in [9.17, 15) is 0 Å². The number of hydrogen-bond acceptors (Lipinski definition) is 2. The summed E-state index contributed by atoms with van der Waals surface area (Å²) in [6.07, 6.45) is 0. The monoisotopic (exact) mass is 645 g/mol. The van der Waals surface area contributed by atoms with Crippen molar-refractivity contribution < 1.29 is 0 Å². The Balaban J connectivity index is 1.18. The van der Waals surface area contributed by atoms with E-state index in [0.717, 1.165) is 28.3 Å². The van der Waals surface area contributed by atoms with E-state index >= 15 is 0 Å². The van der Waals surface area contributed by atoms with E-state index in [1.165, 1.54) is 65.7 Å². The molecule has 49 heavy (non-hydrogen) atoms. The maximum absolute atomic E-state index is 5.40. The van der Waals surface area contributed by atoms with E-state index in [1.54, 1.807) is 0 Å². The standard InChI is InChI=1S/C45H35N3Si/c1-45(2)35-19-11-8-17-33(35)39-36(45)27-26-32-31-16-9-12-20-37(31)48(42(32)39)30-24-22-29(23-25-30)43-46-41(28-14-6-5-7-15-28)40-34-18-10-13-21-38(34)49(3,4)44(40)47-43/h5-27H,1-4H3. The Bertz CT molecular complexity index is 2650. The van der Waals surface area contributed by atoms with Crippen LogP contribution < -0.4 is 10.5 Å². The summed E-state index contributed by atoms with van der Waals surface area (Å²) < 4.78 is 2.47. The lowest BCUT2D eigenvalue weighted by atomic mass is 9.82. The van der Waals surface area contributed by atoms with Gasteiger partial charge in [0.2, 0.25) is 0 Å². The molecule has 234 valence electrons. The minimum absolute atomic E-state index is 0.0661. The van der Waals surface area contributed by atoms with Crippen LogP contribution in [0.4, 0.5) is 0 Å². The molecule has 0 radical (unpaired) electrons. The summed E-state index contributed by atoms with van der Waals surface area (Å²) in [5.41, 5.74) is 14.7. The van der Waals surface area contributed by atoms with Gasteiger partial charge in [0.05, 0.1) is 16.7 Å². The number of hydrogen-bond donors (Lipinski definition) is 0. The fourth-order valence-corrected chi connectivity index (χ4v) is 11.7. The Morgan fingerprint density at radius 3 is 2.06 bits per heavy atom. The predicted octanol–water partition coefficient (Wildman–Crippen LogP) is 10.0. The second kappa shape index (κ2) is 9.97. The van der Waals surface area contributed by atoms with Crippen LogP contribution in [-0.2, 0) is 5.41 Å². The average Bonchev–Trinajstić information content (AvgIpc) is 3.69. The molecule has 3 nitrogen and oxygen atoms in total. The minimum Gasteiger partial charge on any atom is -0.309 e. The van der Waals surface area contributed by atoms with Gasteiger partial charge in [0.15, 0.2) is 5.82 Å². The zero-order valence-corrected chi connectivity index (χ0v) is 29.1. The lowest BCUT2D eigenvalue weighted by molar-refractivity contribution is 0.661. The van der Waals surface area contributed by atoms with Gasteiger partial charge in [-0.2, -0.15) is 0 Å². The van der Waals surface area contributed by atoms with E-state index < -0.39 is 8.07 Å². The van der Waals surface area contributed by atoms with Crippen molar-refractivity contribution in [1.29, 1.82) is 0 Å². The summed E-state index contributed by atoms with van der Waals surface area (Å²) in [5, 5.41) is 5.22. The molecule has 3 heterocycles. The first-order valence-corrected chi connectivity index (χ1v) is 20.2. The van der Waals surface area contributed by atoms with Crippen LogP contribution in [0, 0.1) is 0 Å². The zero-order valence-electron chi connectivity index (χ0n) is 28.1. The van der Waals surface area contributed by atoms with Crippen LogP contribution >= 0.6 is 0 Å². The molecule has 2 aromatic heterocycles. The number of benzene rings is 6. The smallest absolute Gasteiger partial charge is 0.159 e. The second-order valence-corrected chi connectivity index (χ2v) is 18.9. The van der Waals surface area contributed by atoms with E-state index in [1.807, 2.05) is 0 Å². The third-order valence-electron chi connectivity index (χ3n) is 11.2. The van der Waals surface area contributed by atoms with Crippen LogP contribution in [0.1, 0.15) is 25.0 Å². The molecule has 8 aromatic rings. The van der Waals surface area contributed by atoms with Crippen molar-refractivity contribution in [3.8, 4) is 50.6 Å². The molecule has 0 N–H and O–H groups in total. The summed E-state index contributed by atoms with van der Waals surface area (Å²) >= 11 is 0. The Morgan fingerprint density at radius 2 is 1.24 bits per heavy atom. The van der Waals surface area contributed by atoms with Gasteiger partial charge in [-0.25, -0.2) is 9.97 Å². The van der Waals surface area contributed by atoms with Gasteiger partial charge in [-0.15, -0.1) is 0 Å². The molecule has 4 heteroatoms. The molecule has 0 fully saturated rings. The van der Waals surface area contributed by atoms with Crippen molar-refractivity contribution in [2.45, 2.75) is 32.4 Å². The number of aromatic nitrogens is 3. The first kappa shape index (κ1) is 28.4. The summed E-state index contributed by atoms with van der Waals surface area (Å²) in [6, 6.07) is 50.9. The van der Waals surface area contributed by atoms with Crippen LogP contribution in [0.5, 0.6) is 0 Å². The van der Waals surface area contributed by atoms with Crippen LogP contribution in [0.25, 0.3) is 72.4 Å². The lowest BCUT2D eigenvalue weighted by Crippen LogP contribution is -2.50. The zero-order chi connectivity index (χ0) is 33.1. The minimum atomic E-state index is -2.03. The molecule has 0 amide bonds. The summed E-state index contributed by atoms with van der Waals surface area (Å²) in [6.45, 7) is 9.56. The number of nitrogens with zero attached hydrogens (tertiary/aromatic N) is 3. The van der Waals surface area contributed by atoms with Gasteiger partial charge in [-0.3, -0.25) is 0 Å².